The van der Waals surface area contributed by atoms with Crippen LogP contribution in [0, 0.1) is 11.6 Å². The molecule has 5 rings (SSSR count). The topological polar surface area (TPSA) is 93.0 Å². The van der Waals surface area contributed by atoms with Crippen LogP contribution in [0.4, 0.5) is 8.78 Å². The summed E-state index contributed by atoms with van der Waals surface area (Å²) in [4.78, 5) is 46.8. The molecule has 1 aromatic carbocycles. The van der Waals surface area contributed by atoms with E-state index in [0.29, 0.717) is 31.9 Å². The SMILES string of the molecule is [2H]c1c2n(cc(C(=O)NCc3ccc(F)cc3F)c1=O)[C@@H]1CN(C2=O)[C@@H](C)CC[C@]12CC(C)=NO2. The summed E-state index contributed by atoms with van der Waals surface area (Å²) in [7, 11) is 0. The van der Waals surface area contributed by atoms with Crippen LogP contribution in [0.25, 0.3) is 0 Å². The summed E-state index contributed by atoms with van der Waals surface area (Å²) < 4.78 is 37.1. The van der Waals surface area contributed by atoms with Gasteiger partial charge in [0.1, 0.15) is 22.9 Å². The maximum atomic E-state index is 14.0. The number of oxime groups is 1. The Morgan fingerprint density at radius 3 is 2.88 bits per heavy atom. The minimum atomic E-state index is -0.900. The van der Waals surface area contributed by atoms with E-state index in [9.17, 15) is 23.2 Å². The van der Waals surface area contributed by atoms with Gasteiger partial charge in [-0.15, -0.1) is 0 Å². The first-order chi connectivity index (χ1) is 16.6. The highest BCUT2D eigenvalue weighted by atomic mass is 19.1. The molecule has 2 bridgehead atoms. The molecular formula is C24H24F2N4O4. The molecule has 0 saturated carbocycles. The van der Waals surface area contributed by atoms with Crippen LogP contribution < -0.4 is 10.7 Å². The molecule has 0 radical (unpaired) electrons. The molecule has 1 fully saturated rings. The van der Waals surface area contributed by atoms with Gasteiger partial charge in [0, 0.05) is 49.4 Å². The maximum absolute atomic E-state index is 14.0. The lowest BCUT2D eigenvalue weighted by Crippen LogP contribution is -2.52. The van der Waals surface area contributed by atoms with E-state index in [4.69, 9.17) is 6.21 Å². The Hall–Kier alpha value is -3.56. The number of hydrogen-bond acceptors (Lipinski definition) is 5. The van der Waals surface area contributed by atoms with Crippen molar-refractivity contribution in [3.63, 3.8) is 0 Å². The second kappa shape index (κ2) is 8.03. The number of carbonyl (C=O) groups excluding carboxylic acids is 2. The summed E-state index contributed by atoms with van der Waals surface area (Å²) in [6, 6.07) is 1.80. The highest BCUT2D eigenvalue weighted by Crippen LogP contribution is 2.45. The van der Waals surface area contributed by atoms with Crippen molar-refractivity contribution in [3.8, 4) is 0 Å². The van der Waals surface area contributed by atoms with Crippen molar-refractivity contribution in [1.82, 2.24) is 14.8 Å². The van der Waals surface area contributed by atoms with Crippen LogP contribution in [0.5, 0.6) is 0 Å². The third-order valence-electron chi connectivity index (χ3n) is 6.93. The molecule has 34 heavy (non-hydrogen) atoms. The van der Waals surface area contributed by atoms with Gasteiger partial charge in [-0.3, -0.25) is 14.4 Å². The number of benzene rings is 1. The molecule has 1 spiro atoms. The smallest absolute Gasteiger partial charge is 0.270 e. The van der Waals surface area contributed by atoms with E-state index in [-0.39, 0.29) is 29.4 Å². The molecule has 2 aromatic rings. The molecule has 178 valence electrons. The van der Waals surface area contributed by atoms with Gasteiger partial charge < -0.3 is 19.6 Å². The fourth-order valence-electron chi connectivity index (χ4n) is 5.06. The fraction of sp³-hybridized carbons (Fsp3) is 0.417. The van der Waals surface area contributed by atoms with Gasteiger partial charge in [-0.1, -0.05) is 11.2 Å². The maximum Gasteiger partial charge on any atom is 0.270 e. The van der Waals surface area contributed by atoms with Crippen molar-refractivity contribution in [1.29, 1.82) is 0 Å². The first-order valence-corrected chi connectivity index (χ1v) is 11.1. The van der Waals surface area contributed by atoms with Gasteiger partial charge in [0.05, 0.1) is 13.1 Å². The molecule has 10 heteroatoms. The minimum Gasteiger partial charge on any atom is -0.387 e. The molecule has 0 aliphatic carbocycles. The van der Waals surface area contributed by atoms with E-state index < -0.39 is 46.6 Å². The van der Waals surface area contributed by atoms with Gasteiger partial charge in [-0.25, -0.2) is 8.78 Å². The van der Waals surface area contributed by atoms with Crippen molar-refractivity contribution < 1.29 is 24.6 Å². The Labute approximate surface area is 195 Å². The Morgan fingerprint density at radius 1 is 1.38 bits per heavy atom. The van der Waals surface area contributed by atoms with E-state index in [2.05, 4.69) is 10.5 Å². The summed E-state index contributed by atoms with van der Waals surface area (Å²) in [6.45, 7) is 3.78. The number of nitrogens with zero attached hydrogens (tertiary/aromatic N) is 3. The highest BCUT2D eigenvalue weighted by Gasteiger charge is 2.52. The normalized spacial score (nSPS) is 25.9. The van der Waals surface area contributed by atoms with E-state index >= 15 is 0 Å². The molecule has 2 amide bonds. The lowest BCUT2D eigenvalue weighted by atomic mass is 9.84. The molecule has 8 nitrogen and oxygen atoms in total. The van der Waals surface area contributed by atoms with Gasteiger partial charge in [0.25, 0.3) is 11.8 Å². The standard InChI is InChI=1S/C24H24F2N4O4/c1-13-9-24(34-28-13)6-5-14(2)29-12-21(24)30-11-17(20(31)8-19(30)23(29)33)22(32)27-10-15-3-4-16(25)7-18(15)26/h3-4,7-8,11,14,21H,5-6,9-10,12H2,1-2H3,(H,27,32)/t14-,21+,24-/m0/s1/i8D. The Morgan fingerprint density at radius 2 is 2.18 bits per heavy atom. The minimum absolute atomic E-state index is 0.0402. The zero-order chi connectivity index (χ0) is 25.1. The summed E-state index contributed by atoms with van der Waals surface area (Å²) in [6.07, 6.45) is 3.08. The first kappa shape index (κ1) is 21.0. The number of fused-ring (bicyclic) bond motifs is 5. The predicted molar refractivity (Wildman–Crippen MR) is 119 cm³/mol. The number of halogens is 2. The second-order valence-corrected chi connectivity index (χ2v) is 9.19. The Balaban J connectivity index is 1.55. The number of nitrogens with one attached hydrogen (secondary N) is 1. The van der Waals surface area contributed by atoms with Gasteiger partial charge in [-0.05, 0) is 32.8 Å². The lowest BCUT2D eigenvalue weighted by Gasteiger charge is -2.41. The van der Waals surface area contributed by atoms with Gasteiger partial charge in [0.2, 0.25) is 0 Å². The van der Waals surface area contributed by atoms with Crippen molar-refractivity contribution >= 4 is 17.5 Å². The number of pyridine rings is 1. The first-order valence-electron chi connectivity index (χ1n) is 11.6. The Bertz CT molecular complexity index is 1340. The highest BCUT2D eigenvalue weighted by molar-refractivity contribution is 5.97. The third-order valence-corrected chi connectivity index (χ3v) is 6.93. The van der Waals surface area contributed by atoms with Crippen LogP contribution in [-0.2, 0) is 11.4 Å². The summed E-state index contributed by atoms with van der Waals surface area (Å²) >= 11 is 0. The number of amides is 2. The second-order valence-electron chi connectivity index (χ2n) is 9.19. The van der Waals surface area contributed by atoms with Crippen molar-refractivity contribution in [2.24, 2.45) is 5.16 Å². The number of carbonyl (C=O) groups is 2. The van der Waals surface area contributed by atoms with Crippen LogP contribution in [0.2, 0.25) is 0 Å². The van der Waals surface area contributed by atoms with E-state index in [1.165, 1.54) is 16.8 Å². The van der Waals surface area contributed by atoms with Gasteiger partial charge in [0.15, 0.2) is 11.0 Å². The summed E-state index contributed by atoms with van der Waals surface area (Å²) in [5.74, 6) is -2.84. The molecule has 3 atom stereocenters. The molecule has 4 heterocycles. The van der Waals surface area contributed by atoms with E-state index in [1.54, 1.807) is 4.90 Å². The molecule has 3 aliphatic heterocycles. The van der Waals surface area contributed by atoms with Gasteiger partial charge in [-0.2, -0.15) is 0 Å². The average molecular weight is 471 g/mol. The zero-order valence-electron chi connectivity index (χ0n) is 19.7. The van der Waals surface area contributed by atoms with Crippen molar-refractivity contribution in [3.05, 3.63) is 69.1 Å². The fourth-order valence-corrected chi connectivity index (χ4v) is 5.06. The Kier molecular flexibility index (Phi) is 4.96. The average Bonchev–Trinajstić information content (AvgIpc) is 3.14. The molecule has 1 saturated heterocycles. The largest absolute Gasteiger partial charge is 0.387 e. The third kappa shape index (κ3) is 3.57. The van der Waals surface area contributed by atoms with Crippen molar-refractivity contribution in [2.45, 2.75) is 57.3 Å². The quantitative estimate of drug-likeness (QED) is 0.745. The lowest BCUT2D eigenvalue weighted by molar-refractivity contribution is -0.0654. The molecule has 1 aromatic heterocycles. The van der Waals surface area contributed by atoms with Crippen LogP contribution in [0.15, 0.2) is 40.4 Å². The van der Waals surface area contributed by atoms with Gasteiger partial charge >= 0.3 is 0 Å². The molecular weight excluding hydrogens is 446 g/mol. The van der Waals surface area contributed by atoms with Crippen LogP contribution >= 0.6 is 0 Å². The molecule has 3 aliphatic rings. The molecule has 1 N–H and O–H groups in total. The van der Waals surface area contributed by atoms with Crippen LogP contribution in [-0.4, -0.2) is 45.2 Å². The number of hydrogen-bond donors (Lipinski definition) is 1. The monoisotopic (exact) mass is 471 g/mol. The number of aromatic nitrogens is 1. The zero-order valence-corrected chi connectivity index (χ0v) is 18.7. The predicted octanol–water partition coefficient (Wildman–Crippen LogP) is 2.77. The van der Waals surface area contributed by atoms with Crippen LogP contribution in [0.1, 0.15) is 66.9 Å². The van der Waals surface area contributed by atoms with E-state index in [1.807, 2.05) is 13.8 Å². The van der Waals surface area contributed by atoms with Crippen molar-refractivity contribution in [2.75, 3.05) is 6.54 Å². The van der Waals surface area contributed by atoms with E-state index in [0.717, 1.165) is 11.8 Å². The summed E-state index contributed by atoms with van der Waals surface area (Å²) in [5.41, 5.74) is -1.26. The number of rotatable bonds is 3. The van der Waals surface area contributed by atoms with Crippen LogP contribution in [0.3, 0.4) is 0 Å². The molecule has 0 unspecified atom stereocenters. The summed E-state index contributed by atoms with van der Waals surface area (Å²) in [5, 5.41) is 6.60.